The number of rotatable bonds is 9. The molecule has 2 aromatic rings. The van der Waals surface area contributed by atoms with E-state index in [1.54, 1.807) is 0 Å². The van der Waals surface area contributed by atoms with Crippen LogP contribution in [0.2, 0.25) is 0 Å². The molecule has 0 atom stereocenters. The summed E-state index contributed by atoms with van der Waals surface area (Å²) in [5, 5.41) is 10.8. The van der Waals surface area contributed by atoms with Gasteiger partial charge in [0, 0.05) is 31.3 Å². The molecule has 10 nitrogen and oxygen atoms in total. The van der Waals surface area contributed by atoms with E-state index < -0.39 is 22.1 Å². The van der Waals surface area contributed by atoms with Crippen LogP contribution in [0.15, 0.2) is 39.9 Å². The van der Waals surface area contributed by atoms with E-state index in [0.717, 1.165) is 6.42 Å². The minimum absolute atomic E-state index is 0.0199. The molecular formula is C21H27N5O5. The lowest BCUT2D eigenvalue weighted by atomic mass is 10.1. The second kappa shape index (κ2) is 10.4. The van der Waals surface area contributed by atoms with Gasteiger partial charge in [0.1, 0.15) is 5.82 Å². The number of non-ortho nitro benzene ring substituents is 1. The molecule has 0 saturated carbocycles. The van der Waals surface area contributed by atoms with E-state index in [9.17, 15) is 24.5 Å². The van der Waals surface area contributed by atoms with Crippen molar-refractivity contribution in [3.63, 3.8) is 0 Å². The Morgan fingerprint density at radius 2 is 1.94 bits per heavy atom. The van der Waals surface area contributed by atoms with Crippen molar-refractivity contribution in [2.45, 2.75) is 40.2 Å². The van der Waals surface area contributed by atoms with E-state index in [0.29, 0.717) is 18.5 Å². The van der Waals surface area contributed by atoms with Crippen molar-refractivity contribution < 1.29 is 9.72 Å². The lowest BCUT2D eigenvalue weighted by Crippen LogP contribution is -2.42. The minimum Gasteiger partial charge on any atom is -0.383 e. The van der Waals surface area contributed by atoms with Gasteiger partial charge in [0.2, 0.25) is 0 Å². The number of unbranched alkanes of at least 4 members (excludes halogenated alkanes) is 1. The third kappa shape index (κ3) is 5.91. The summed E-state index contributed by atoms with van der Waals surface area (Å²) in [4.78, 5) is 51.5. The lowest BCUT2D eigenvalue weighted by molar-refractivity contribution is -0.384. The van der Waals surface area contributed by atoms with Gasteiger partial charge in [-0.05, 0) is 36.1 Å². The molecule has 10 heteroatoms. The van der Waals surface area contributed by atoms with Gasteiger partial charge in [0.25, 0.3) is 17.2 Å². The SMILES string of the molecule is CCCCn1c(N)c(N(CC(C)C)C(=O)/C=C/c2ccc([N+](=O)[O-])cc2)c(=O)[nH]c1=O. The molecule has 0 saturated heterocycles. The normalized spacial score (nSPS) is 11.2. The van der Waals surface area contributed by atoms with Crippen LogP contribution in [0.5, 0.6) is 0 Å². The summed E-state index contributed by atoms with van der Waals surface area (Å²) in [6.45, 7) is 6.27. The van der Waals surface area contributed by atoms with Crippen LogP contribution >= 0.6 is 0 Å². The molecule has 2 rings (SSSR count). The molecule has 0 aliphatic heterocycles. The number of carbonyl (C=O) groups is 1. The second-order valence-corrected chi connectivity index (χ2v) is 7.52. The van der Waals surface area contributed by atoms with Gasteiger partial charge in [0.05, 0.1) is 4.92 Å². The summed E-state index contributed by atoms with van der Waals surface area (Å²) in [7, 11) is 0. The number of benzene rings is 1. The molecule has 166 valence electrons. The third-order valence-electron chi connectivity index (χ3n) is 4.56. The standard InChI is InChI=1S/C21H27N5O5/c1-4-5-12-24-19(22)18(20(28)23-21(24)29)25(13-14(2)3)17(27)11-8-15-6-9-16(10-7-15)26(30)31/h6-11,14H,4-5,12-13,22H2,1-3H3,(H,23,28,29)/b11-8+. The number of aromatic amines is 1. The number of hydrogen-bond donors (Lipinski definition) is 2. The molecule has 0 aliphatic rings. The third-order valence-corrected chi connectivity index (χ3v) is 4.56. The number of carbonyl (C=O) groups excluding carboxylic acids is 1. The maximum Gasteiger partial charge on any atom is 0.330 e. The molecule has 1 aromatic carbocycles. The zero-order valence-corrected chi connectivity index (χ0v) is 17.8. The largest absolute Gasteiger partial charge is 0.383 e. The van der Waals surface area contributed by atoms with Crippen LogP contribution < -0.4 is 21.9 Å². The molecule has 0 spiro atoms. The van der Waals surface area contributed by atoms with Crippen LogP contribution in [0.25, 0.3) is 6.08 Å². The Morgan fingerprint density at radius 1 is 1.29 bits per heavy atom. The summed E-state index contributed by atoms with van der Waals surface area (Å²) in [5.74, 6) is -0.531. The van der Waals surface area contributed by atoms with Gasteiger partial charge in [-0.1, -0.05) is 27.2 Å². The summed E-state index contributed by atoms with van der Waals surface area (Å²) >= 11 is 0. The molecule has 1 amide bonds. The topological polar surface area (TPSA) is 144 Å². The number of nitrogen functional groups attached to an aromatic ring is 1. The molecule has 1 heterocycles. The lowest BCUT2D eigenvalue weighted by Gasteiger charge is -2.25. The zero-order chi connectivity index (χ0) is 23.1. The molecule has 0 unspecified atom stereocenters. The van der Waals surface area contributed by atoms with Gasteiger partial charge < -0.3 is 10.6 Å². The van der Waals surface area contributed by atoms with Gasteiger partial charge >= 0.3 is 5.69 Å². The van der Waals surface area contributed by atoms with E-state index in [-0.39, 0.29) is 29.7 Å². The first-order valence-electron chi connectivity index (χ1n) is 10.0. The van der Waals surface area contributed by atoms with Gasteiger partial charge in [0.15, 0.2) is 5.69 Å². The van der Waals surface area contributed by atoms with Crippen molar-refractivity contribution in [2.24, 2.45) is 5.92 Å². The fraction of sp³-hybridized carbons (Fsp3) is 0.381. The number of aromatic nitrogens is 2. The first-order chi connectivity index (χ1) is 14.6. The molecule has 0 bridgehead atoms. The number of nitrogens with zero attached hydrogens (tertiary/aromatic N) is 3. The second-order valence-electron chi connectivity index (χ2n) is 7.52. The maximum atomic E-state index is 13.0. The van der Waals surface area contributed by atoms with Gasteiger partial charge in [-0.15, -0.1) is 0 Å². The number of anilines is 2. The summed E-state index contributed by atoms with van der Waals surface area (Å²) in [5.41, 5.74) is 5.27. The van der Waals surface area contributed by atoms with Crippen LogP contribution in [0.4, 0.5) is 17.2 Å². The van der Waals surface area contributed by atoms with Crippen molar-refractivity contribution in [3.05, 3.63) is 66.9 Å². The van der Waals surface area contributed by atoms with Crippen molar-refractivity contribution in [1.29, 1.82) is 0 Å². The van der Waals surface area contributed by atoms with E-state index in [2.05, 4.69) is 4.98 Å². The average Bonchev–Trinajstić information content (AvgIpc) is 2.71. The number of nitro groups is 1. The Balaban J connectivity index is 2.43. The summed E-state index contributed by atoms with van der Waals surface area (Å²) in [6, 6.07) is 5.70. The smallest absolute Gasteiger partial charge is 0.330 e. The highest BCUT2D eigenvalue weighted by atomic mass is 16.6. The van der Waals surface area contributed by atoms with Crippen LogP contribution in [0.1, 0.15) is 39.2 Å². The quantitative estimate of drug-likeness (QED) is 0.356. The molecule has 3 N–H and O–H groups in total. The summed E-state index contributed by atoms with van der Waals surface area (Å²) in [6.07, 6.45) is 4.28. The van der Waals surface area contributed by atoms with E-state index in [1.807, 2.05) is 20.8 Å². The average molecular weight is 429 g/mol. The predicted octanol–water partition coefficient (Wildman–Crippen LogP) is 2.53. The Morgan fingerprint density at radius 3 is 2.48 bits per heavy atom. The predicted molar refractivity (Wildman–Crippen MR) is 120 cm³/mol. The van der Waals surface area contributed by atoms with E-state index in [1.165, 1.54) is 45.9 Å². The molecular weight excluding hydrogens is 402 g/mol. The van der Waals surface area contributed by atoms with Crippen LogP contribution in [0, 0.1) is 16.0 Å². The Labute approximate surface area is 179 Å². The van der Waals surface area contributed by atoms with Crippen molar-refractivity contribution in [2.75, 3.05) is 17.2 Å². The molecule has 0 fully saturated rings. The number of nitro benzene ring substituents is 1. The Hall–Kier alpha value is -3.69. The monoisotopic (exact) mass is 429 g/mol. The molecule has 0 radical (unpaired) electrons. The highest BCUT2D eigenvalue weighted by Gasteiger charge is 2.23. The number of H-pyrrole nitrogens is 1. The number of hydrogen-bond acceptors (Lipinski definition) is 6. The Kier molecular flexibility index (Phi) is 7.89. The molecule has 0 aliphatic carbocycles. The van der Waals surface area contributed by atoms with Gasteiger partial charge in [-0.3, -0.25) is 29.3 Å². The van der Waals surface area contributed by atoms with Crippen LogP contribution in [-0.2, 0) is 11.3 Å². The highest BCUT2D eigenvalue weighted by molar-refractivity contribution is 6.05. The van der Waals surface area contributed by atoms with E-state index in [4.69, 9.17) is 5.73 Å². The number of amides is 1. The van der Waals surface area contributed by atoms with Crippen molar-refractivity contribution in [3.8, 4) is 0 Å². The van der Waals surface area contributed by atoms with E-state index >= 15 is 0 Å². The highest BCUT2D eigenvalue weighted by Crippen LogP contribution is 2.20. The fourth-order valence-electron chi connectivity index (χ4n) is 3.00. The maximum absolute atomic E-state index is 13.0. The van der Waals surface area contributed by atoms with Crippen LogP contribution in [-0.4, -0.2) is 26.9 Å². The van der Waals surface area contributed by atoms with Gasteiger partial charge in [-0.2, -0.15) is 0 Å². The first-order valence-corrected chi connectivity index (χ1v) is 10.0. The zero-order valence-electron chi connectivity index (χ0n) is 17.8. The van der Waals surface area contributed by atoms with Crippen molar-refractivity contribution >= 4 is 29.2 Å². The number of nitrogens with one attached hydrogen (secondary N) is 1. The first kappa shape index (κ1) is 23.6. The van der Waals surface area contributed by atoms with Crippen molar-refractivity contribution in [1.82, 2.24) is 9.55 Å². The Bertz CT molecular complexity index is 1080. The minimum atomic E-state index is -0.729. The molecule has 31 heavy (non-hydrogen) atoms. The fourth-order valence-corrected chi connectivity index (χ4v) is 3.00. The van der Waals surface area contributed by atoms with Crippen LogP contribution in [0.3, 0.4) is 0 Å². The van der Waals surface area contributed by atoms with Gasteiger partial charge in [-0.25, -0.2) is 4.79 Å². The summed E-state index contributed by atoms with van der Waals surface area (Å²) < 4.78 is 1.26. The molecule has 1 aromatic heterocycles. The number of nitrogens with two attached hydrogens (primary N) is 1.